The van der Waals surface area contributed by atoms with E-state index in [-0.39, 0.29) is 0 Å². The van der Waals surface area contributed by atoms with E-state index in [1.807, 2.05) is 6.92 Å². The van der Waals surface area contributed by atoms with Crippen LogP contribution in [0.3, 0.4) is 0 Å². The molecule has 1 unspecified atom stereocenters. The Morgan fingerprint density at radius 2 is 1.91 bits per heavy atom. The number of para-hydroxylation sites is 2. The van der Waals surface area contributed by atoms with Crippen molar-refractivity contribution in [3.8, 4) is 17.2 Å². The van der Waals surface area contributed by atoms with E-state index in [9.17, 15) is 14.4 Å². The van der Waals surface area contributed by atoms with Gasteiger partial charge in [0.2, 0.25) is 5.91 Å². The van der Waals surface area contributed by atoms with Crippen LogP contribution in [0.5, 0.6) is 17.2 Å². The van der Waals surface area contributed by atoms with Crippen molar-refractivity contribution in [3.63, 3.8) is 0 Å². The van der Waals surface area contributed by atoms with E-state index in [4.69, 9.17) is 14.2 Å². The molecule has 0 saturated carbocycles. The zero-order valence-corrected chi connectivity index (χ0v) is 18.7. The largest absolute Gasteiger partial charge is 0.491 e. The molecule has 0 bridgehead atoms. The van der Waals surface area contributed by atoms with Gasteiger partial charge >= 0.3 is 6.03 Å². The van der Waals surface area contributed by atoms with Crippen molar-refractivity contribution < 1.29 is 28.6 Å². The number of nitrogens with zero attached hydrogens (tertiary/aromatic N) is 1. The van der Waals surface area contributed by atoms with Gasteiger partial charge in [0.05, 0.1) is 25.5 Å². The number of benzene rings is 2. The zero-order chi connectivity index (χ0) is 23.4. The number of urea groups is 1. The van der Waals surface area contributed by atoms with Crippen LogP contribution in [0.15, 0.2) is 42.5 Å². The fraction of sp³-hybridized carbons (Fsp3) is 0.375. The first-order chi connectivity index (χ1) is 15.9. The number of nitrogens with one attached hydrogen (secondary N) is 2. The summed E-state index contributed by atoms with van der Waals surface area (Å²) in [5.41, 5.74) is -0.301. The minimum atomic E-state index is -1.33. The van der Waals surface area contributed by atoms with Crippen LogP contribution in [0.2, 0.25) is 0 Å². The Morgan fingerprint density at radius 1 is 1.15 bits per heavy atom. The summed E-state index contributed by atoms with van der Waals surface area (Å²) < 4.78 is 17.0. The Balaban J connectivity index is 1.48. The van der Waals surface area contributed by atoms with Crippen LogP contribution >= 0.6 is 0 Å². The fourth-order valence-corrected chi connectivity index (χ4v) is 3.75. The maximum Gasteiger partial charge on any atom is 0.325 e. The molecule has 1 fully saturated rings. The molecule has 9 heteroatoms. The normalized spacial score (nSPS) is 19.6. The number of anilines is 1. The first-order valence-corrected chi connectivity index (χ1v) is 11.0. The van der Waals surface area contributed by atoms with E-state index in [0.29, 0.717) is 48.3 Å². The number of carbonyl (C=O) groups excluding carboxylic acids is 3. The van der Waals surface area contributed by atoms with Crippen LogP contribution in [-0.4, -0.2) is 49.1 Å². The summed E-state index contributed by atoms with van der Waals surface area (Å²) in [7, 11) is 0. The van der Waals surface area contributed by atoms with E-state index in [1.165, 1.54) is 0 Å². The molecule has 4 amide bonds. The molecule has 33 heavy (non-hydrogen) atoms. The molecule has 4 rings (SSSR count). The highest BCUT2D eigenvalue weighted by atomic mass is 16.5. The monoisotopic (exact) mass is 453 g/mol. The Hall–Kier alpha value is -3.75. The van der Waals surface area contributed by atoms with Gasteiger partial charge < -0.3 is 24.8 Å². The van der Waals surface area contributed by atoms with Crippen molar-refractivity contribution >= 4 is 23.5 Å². The highest BCUT2D eigenvalue weighted by Crippen LogP contribution is 2.36. The zero-order valence-electron chi connectivity index (χ0n) is 18.7. The number of imide groups is 1. The smallest absolute Gasteiger partial charge is 0.325 e. The summed E-state index contributed by atoms with van der Waals surface area (Å²) in [5.74, 6) is 0.619. The highest BCUT2D eigenvalue weighted by Gasteiger charge is 2.49. The Bertz CT molecular complexity index is 1070. The highest BCUT2D eigenvalue weighted by molar-refractivity contribution is 6.10. The molecule has 174 valence electrons. The van der Waals surface area contributed by atoms with E-state index in [1.54, 1.807) is 49.4 Å². The number of hydrogen-bond donors (Lipinski definition) is 2. The molecule has 9 nitrogen and oxygen atoms in total. The maximum absolute atomic E-state index is 13.2. The third-order valence-electron chi connectivity index (χ3n) is 5.52. The Labute approximate surface area is 192 Å². The molecule has 1 saturated heterocycles. The third-order valence-corrected chi connectivity index (χ3v) is 5.52. The summed E-state index contributed by atoms with van der Waals surface area (Å²) in [6.45, 7) is 4.73. The van der Waals surface area contributed by atoms with Crippen molar-refractivity contribution in [1.29, 1.82) is 0 Å². The van der Waals surface area contributed by atoms with Gasteiger partial charge in [0.25, 0.3) is 5.91 Å². The quantitative estimate of drug-likeness (QED) is 0.624. The second-order valence-electron chi connectivity index (χ2n) is 8.05. The number of carbonyl (C=O) groups is 3. The molecule has 2 N–H and O–H groups in total. The molecule has 1 atom stereocenters. The molecule has 2 aliphatic heterocycles. The molecular formula is C24H27N3O6. The van der Waals surface area contributed by atoms with Gasteiger partial charge in [0.15, 0.2) is 11.5 Å². The minimum absolute atomic E-state index is 0.424. The molecule has 2 aliphatic rings. The van der Waals surface area contributed by atoms with Crippen molar-refractivity contribution in [2.24, 2.45) is 0 Å². The van der Waals surface area contributed by atoms with Gasteiger partial charge in [-0.1, -0.05) is 25.1 Å². The average molecular weight is 453 g/mol. The van der Waals surface area contributed by atoms with Crippen molar-refractivity contribution in [2.45, 2.75) is 32.2 Å². The molecule has 0 spiro atoms. The fourth-order valence-electron chi connectivity index (χ4n) is 3.75. The maximum atomic E-state index is 13.2. The lowest BCUT2D eigenvalue weighted by atomic mass is 9.91. The van der Waals surface area contributed by atoms with Crippen LogP contribution < -0.4 is 24.8 Å². The lowest BCUT2D eigenvalue weighted by Gasteiger charge is -2.23. The molecule has 0 aliphatic carbocycles. The molecular weight excluding hydrogens is 426 g/mol. The van der Waals surface area contributed by atoms with E-state index < -0.39 is 29.9 Å². The summed E-state index contributed by atoms with van der Waals surface area (Å²) in [4.78, 5) is 39.5. The third kappa shape index (κ3) is 4.57. The average Bonchev–Trinajstić information content (AvgIpc) is 2.96. The molecule has 2 aromatic carbocycles. The number of amides is 4. The summed E-state index contributed by atoms with van der Waals surface area (Å²) in [6.07, 6.45) is 1.58. The summed E-state index contributed by atoms with van der Waals surface area (Å²) >= 11 is 0. The Kier molecular flexibility index (Phi) is 6.39. The van der Waals surface area contributed by atoms with Crippen LogP contribution in [0, 0.1) is 0 Å². The lowest BCUT2D eigenvalue weighted by Crippen LogP contribution is -2.42. The number of fused-ring (bicyclic) bond motifs is 1. The lowest BCUT2D eigenvalue weighted by molar-refractivity contribution is -0.133. The van der Waals surface area contributed by atoms with Crippen molar-refractivity contribution in [3.05, 3.63) is 48.0 Å². The van der Waals surface area contributed by atoms with E-state index >= 15 is 0 Å². The molecule has 0 radical (unpaired) electrons. The molecule has 2 aromatic rings. The number of hydrogen-bond acceptors (Lipinski definition) is 6. The first kappa shape index (κ1) is 22.4. The molecule has 0 aromatic heterocycles. The van der Waals surface area contributed by atoms with Crippen molar-refractivity contribution in [2.75, 3.05) is 31.7 Å². The van der Waals surface area contributed by atoms with Gasteiger partial charge in [-0.15, -0.1) is 0 Å². The van der Waals surface area contributed by atoms with Gasteiger partial charge in [-0.05, 0) is 43.2 Å². The van der Waals surface area contributed by atoms with Crippen LogP contribution in [0.4, 0.5) is 10.5 Å². The van der Waals surface area contributed by atoms with Gasteiger partial charge in [0, 0.05) is 6.42 Å². The second kappa shape index (κ2) is 9.40. The summed E-state index contributed by atoms with van der Waals surface area (Å²) in [5, 5.41) is 5.44. The summed E-state index contributed by atoms with van der Waals surface area (Å²) in [6, 6.07) is 11.5. The standard InChI is InChI=1S/C24H27N3O6/c1-3-11-31-18-8-5-4-7-17(18)25-21(28)15-27-22(29)24(2,26-23(27)30)16-9-10-19-20(14-16)33-13-6-12-32-19/h4-5,7-10,14H,3,6,11-13,15H2,1-2H3,(H,25,28)(H,26,30). The predicted octanol–water partition coefficient (Wildman–Crippen LogP) is 3.04. The number of rotatable bonds is 7. The first-order valence-electron chi connectivity index (χ1n) is 11.0. The van der Waals surface area contributed by atoms with Gasteiger partial charge in [-0.25, -0.2) is 4.79 Å². The van der Waals surface area contributed by atoms with E-state index in [0.717, 1.165) is 17.7 Å². The van der Waals surface area contributed by atoms with Crippen molar-refractivity contribution in [1.82, 2.24) is 10.2 Å². The van der Waals surface area contributed by atoms with Gasteiger partial charge in [-0.3, -0.25) is 14.5 Å². The molecule has 2 heterocycles. The van der Waals surface area contributed by atoms with Crippen LogP contribution in [0.1, 0.15) is 32.3 Å². The number of ether oxygens (including phenoxy) is 3. The topological polar surface area (TPSA) is 106 Å². The van der Waals surface area contributed by atoms with Gasteiger partial charge in [-0.2, -0.15) is 0 Å². The minimum Gasteiger partial charge on any atom is -0.491 e. The SMILES string of the molecule is CCCOc1ccccc1NC(=O)CN1C(=O)NC(C)(c2ccc3c(c2)OCCCO3)C1=O. The van der Waals surface area contributed by atoms with E-state index in [2.05, 4.69) is 10.6 Å². The van der Waals surface area contributed by atoms with Gasteiger partial charge in [0.1, 0.15) is 17.8 Å². The Morgan fingerprint density at radius 3 is 2.70 bits per heavy atom. The predicted molar refractivity (Wildman–Crippen MR) is 121 cm³/mol. The second-order valence-corrected chi connectivity index (χ2v) is 8.05. The van der Waals surface area contributed by atoms with Crippen LogP contribution in [0.25, 0.3) is 0 Å². The van der Waals surface area contributed by atoms with Crippen LogP contribution in [-0.2, 0) is 15.1 Å².